The van der Waals surface area contributed by atoms with Crippen molar-refractivity contribution in [2.45, 2.75) is 13.0 Å². The molecule has 4 N–H and O–H groups in total. The number of hydrogen-bond donors (Lipinski definition) is 3. The second-order valence-electron chi connectivity index (χ2n) is 2.69. The summed E-state index contributed by atoms with van der Waals surface area (Å²) in [7, 11) is 0. The van der Waals surface area contributed by atoms with Crippen LogP contribution in [0, 0.1) is 0 Å². The van der Waals surface area contributed by atoms with Gasteiger partial charge in [-0.15, -0.1) is 10.2 Å². The molecule has 0 aromatic carbocycles. The molecule has 14 heavy (non-hydrogen) atoms. The van der Waals surface area contributed by atoms with Crippen LogP contribution in [0.1, 0.15) is 18.5 Å². The summed E-state index contributed by atoms with van der Waals surface area (Å²) >= 11 is 5.71. The number of carbonyl (C=O) groups is 1. The Morgan fingerprint density at radius 2 is 2.36 bits per heavy atom. The van der Waals surface area contributed by atoms with Crippen LogP contribution in [0.3, 0.4) is 0 Å². The molecule has 0 bridgehead atoms. The van der Waals surface area contributed by atoms with Gasteiger partial charge in [-0.1, -0.05) is 11.6 Å². The van der Waals surface area contributed by atoms with Crippen molar-refractivity contribution in [3.8, 4) is 0 Å². The molecule has 0 saturated carbocycles. The highest BCUT2D eigenvalue weighted by Crippen LogP contribution is 2.20. The first-order valence-electron chi connectivity index (χ1n) is 3.78. The molecule has 1 heterocycles. The van der Waals surface area contributed by atoms with Gasteiger partial charge in [0.1, 0.15) is 5.82 Å². The lowest BCUT2D eigenvalue weighted by Gasteiger charge is -2.12. The molecule has 0 aliphatic carbocycles. The average Bonchev–Trinajstić information content (AvgIpc) is 2.08. The smallest absolute Gasteiger partial charge is 0.405 e. The van der Waals surface area contributed by atoms with Gasteiger partial charge in [-0.2, -0.15) is 0 Å². The Balaban J connectivity index is 2.93. The number of nitrogens with one attached hydrogen (secondary N) is 1. The van der Waals surface area contributed by atoms with Gasteiger partial charge in [0, 0.05) is 5.56 Å². The van der Waals surface area contributed by atoms with E-state index < -0.39 is 12.1 Å². The molecule has 7 heteroatoms. The van der Waals surface area contributed by atoms with Crippen LogP contribution in [0.25, 0.3) is 0 Å². The van der Waals surface area contributed by atoms with Crippen LogP contribution >= 0.6 is 11.6 Å². The Morgan fingerprint density at radius 1 is 1.71 bits per heavy atom. The number of hydrogen-bond acceptors (Lipinski definition) is 4. The Kier molecular flexibility index (Phi) is 3.08. The normalized spacial score (nSPS) is 12.1. The zero-order chi connectivity index (χ0) is 10.7. The average molecular weight is 217 g/mol. The molecule has 1 rings (SSSR count). The van der Waals surface area contributed by atoms with Gasteiger partial charge < -0.3 is 16.2 Å². The van der Waals surface area contributed by atoms with Gasteiger partial charge in [-0.3, -0.25) is 0 Å². The van der Waals surface area contributed by atoms with Gasteiger partial charge in [0.05, 0.1) is 6.04 Å². The quantitative estimate of drug-likeness (QED) is 0.686. The molecule has 76 valence electrons. The van der Waals surface area contributed by atoms with Gasteiger partial charge in [-0.05, 0) is 13.0 Å². The van der Waals surface area contributed by atoms with Crippen molar-refractivity contribution in [1.82, 2.24) is 15.5 Å². The number of nitrogen functional groups attached to an aromatic ring is 1. The highest BCUT2D eigenvalue weighted by Gasteiger charge is 2.13. The SMILES string of the molecule is CC(NC(=O)O)c1cc(N)nnc1Cl. The van der Waals surface area contributed by atoms with Crippen LogP contribution in [0.2, 0.25) is 5.15 Å². The van der Waals surface area contributed by atoms with Crippen molar-refractivity contribution >= 4 is 23.5 Å². The summed E-state index contributed by atoms with van der Waals surface area (Å²) in [5.74, 6) is 0.198. The molecule has 0 radical (unpaired) electrons. The number of nitrogens with zero attached hydrogens (tertiary/aromatic N) is 2. The maximum absolute atomic E-state index is 10.4. The van der Waals surface area contributed by atoms with E-state index in [-0.39, 0.29) is 11.0 Å². The summed E-state index contributed by atoms with van der Waals surface area (Å²) in [5, 5.41) is 17.9. The monoisotopic (exact) mass is 216 g/mol. The summed E-state index contributed by atoms with van der Waals surface area (Å²) in [4.78, 5) is 10.4. The first kappa shape index (κ1) is 10.5. The van der Waals surface area contributed by atoms with Crippen LogP contribution in [-0.4, -0.2) is 21.4 Å². The van der Waals surface area contributed by atoms with E-state index in [1.807, 2.05) is 0 Å². The summed E-state index contributed by atoms with van der Waals surface area (Å²) in [6.07, 6.45) is -1.14. The van der Waals surface area contributed by atoms with E-state index in [9.17, 15) is 4.79 Å². The number of rotatable bonds is 2. The van der Waals surface area contributed by atoms with Crippen molar-refractivity contribution in [3.63, 3.8) is 0 Å². The van der Waals surface area contributed by atoms with Gasteiger partial charge >= 0.3 is 6.09 Å². The van der Waals surface area contributed by atoms with Gasteiger partial charge in [0.25, 0.3) is 0 Å². The second kappa shape index (κ2) is 4.10. The highest BCUT2D eigenvalue weighted by molar-refractivity contribution is 6.30. The molecular weight excluding hydrogens is 208 g/mol. The predicted octanol–water partition coefficient (Wildman–Crippen LogP) is 1.04. The topological polar surface area (TPSA) is 101 Å². The number of amides is 1. The minimum atomic E-state index is -1.14. The van der Waals surface area contributed by atoms with Gasteiger partial charge in [-0.25, -0.2) is 4.79 Å². The van der Waals surface area contributed by atoms with E-state index in [4.69, 9.17) is 22.4 Å². The minimum Gasteiger partial charge on any atom is -0.465 e. The number of anilines is 1. The summed E-state index contributed by atoms with van der Waals surface area (Å²) < 4.78 is 0. The van der Waals surface area contributed by atoms with Gasteiger partial charge in [0.2, 0.25) is 0 Å². The Labute approximate surface area is 85.1 Å². The summed E-state index contributed by atoms with van der Waals surface area (Å²) in [6.45, 7) is 1.64. The van der Waals surface area contributed by atoms with E-state index in [0.717, 1.165) is 0 Å². The predicted molar refractivity (Wildman–Crippen MR) is 51.0 cm³/mol. The van der Waals surface area contributed by atoms with Crippen LogP contribution < -0.4 is 11.1 Å². The number of halogens is 1. The Hall–Kier alpha value is -1.56. The molecule has 0 fully saturated rings. The lowest BCUT2D eigenvalue weighted by atomic mass is 10.1. The first-order chi connectivity index (χ1) is 6.50. The third kappa shape index (κ3) is 2.46. The number of carboxylic acid groups (broad SMARTS) is 1. The fourth-order valence-corrected chi connectivity index (χ4v) is 1.23. The maximum atomic E-state index is 10.4. The standard InChI is InChI=1S/C7H9ClN4O2/c1-3(10-7(13)14)4-2-5(9)11-12-6(4)8/h2-3,10H,1H3,(H2,9,11)(H,13,14). The molecule has 0 saturated heterocycles. The van der Waals surface area contributed by atoms with Gasteiger partial charge in [0.15, 0.2) is 5.15 Å². The minimum absolute atomic E-state index is 0.139. The van der Waals surface area contributed by atoms with Crippen LogP contribution in [0.4, 0.5) is 10.6 Å². The lowest BCUT2D eigenvalue weighted by molar-refractivity contribution is 0.191. The molecular formula is C7H9ClN4O2. The fraction of sp³-hybridized carbons (Fsp3) is 0.286. The van der Waals surface area contributed by atoms with Crippen molar-refractivity contribution in [2.75, 3.05) is 5.73 Å². The largest absolute Gasteiger partial charge is 0.465 e. The number of aromatic nitrogens is 2. The molecule has 0 aliphatic heterocycles. The molecule has 1 atom stereocenters. The zero-order valence-electron chi connectivity index (χ0n) is 7.36. The molecule has 1 amide bonds. The van der Waals surface area contributed by atoms with Crippen LogP contribution in [0.15, 0.2) is 6.07 Å². The molecule has 1 unspecified atom stereocenters. The molecule has 6 nitrogen and oxygen atoms in total. The Morgan fingerprint density at radius 3 is 2.93 bits per heavy atom. The van der Waals surface area contributed by atoms with Crippen molar-refractivity contribution in [1.29, 1.82) is 0 Å². The summed E-state index contributed by atoms with van der Waals surface area (Å²) in [5.41, 5.74) is 5.89. The third-order valence-electron chi connectivity index (χ3n) is 1.60. The first-order valence-corrected chi connectivity index (χ1v) is 4.16. The maximum Gasteiger partial charge on any atom is 0.405 e. The highest BCUT2D eigenvalue weighted by atomic mass is 35.5. The fourth-order valence-electron chi connectivity index (χ4n) is 0.974. The lowest BCUT2D eigenvalue weighted by Crippen LogP contribution is -2.25. The van der Waals surface area contributed by atoms with E-state index in [1.54, 1.807) is 6.92 Å². The number of nitrogens with two attached hydrogens (primary N) is 1. The van der Waals surface area contributed by atoms with E-state index in [2.05, 4.69) is 15.5 Å². The third-order valence-corrected chi connectivity index (χ3v) is 1.90. The molecule has 0 aliphatic rings. The summed E-state index contributed by atoms with van der Waals surface area (Å²) in [6, 6.07) is 1.01. The van der Waals surface area contributed by atoms with E-state index >= 15 is 0 Å². The van der Waals surface area contributed by atoms with Crippen LogP contribution in [-0.2, 0) is 0 Å². The van der Waals surface area contributed by atoms with Crippen LogP contribution in [0.5, 0.6) is 0 Å². The zero-order valence-corrected chi connectivity index (χ0v) is 8.12. The molecule has 0 spiro atoms. The second-order valence-corrected chi connectivity index (χ2v) is 3.04. The molecule has 1 aromatic heterocycles. The molecule has 1 aromatic rings. The van der Waals surface area contributed by atoms with Crippen molar-refractivity contribution in [2.24, 2.45) is 0 Å². The van der Waals surface area contributed by atoms with Crippen molar-refractivity contribution < 1.29 is 9.90 Å². The van der Waals surface area contributed by atoms with E-state index in [0.29, 0.717) is 5.56 Å². The Bertz CT molecular complexity index is 358. The van der Waals surface area contributed by atoms with E-state index in [1.165, 1.54) is 6.07 Å². The van der Waals surface area contributed by atoms with Crippen molar-refractivity contribution in [3.05, 3.63) is 16.8 Å².